The first-order chi connectivity index (χ1) is 17.8. The molecular formula is C23H18F2N8O4. The maximum Gasteiger partial charge on any atom is 0.387 e. The van der Waals surface area contributed by atoms with Gasteiger partial charge in [-0.25, -0.2) is 14.2 Å². The van der Waals surface area contributed by atoms with Crippen LogP contribution in [-0.2, 0) is 7.05 Å². The molecule has 188 valence electrons. The minimum absolute atomic E-state index is 0.130. The number of hydrogen-bond acceptors (Lipinski definition) is 8. The van der Waals surface area contributed by atoms with Crippen molar-refractivity contribution in [2.75, 3.05) is 5.32 Å². The number of aromatic nitrogens is 7. The Labute approximate surface area is 207 Å². The van der Waals surface area contributed by atoms with Gasteiger partial charge in [-0.2, -0.15) is 24.1 Å². The highest BCUT2D eigenvalue weighted by atomic mass is 19.3. The fourth-order valence-corrected chi connectivity index (χ4v) is 3.58. The predicted molar refractivity (Wildman–Crippen MR) is 125 cm³/mol. The van der Waals surface area contributed by atoms with Crippen LogP contribution in [0.5, 0.6) is 17.2 Å². The van der Waals surface area contributed by atoms with E-state index in [-0.39, 0.29) is 45.7 Å². The van der Waals surface area contributed by atoms with Crippen LogP contribution in [0.4, 0.5) is 14.5 Å². The van der Waals surface area contributed by atoms with Crippen molar-refractivity contribution in [3.05, 3.63) is 67.0 Å². The molecule has 0 unspecified atom stereocenters. The van der Waals surface area contributed by atoms with Gasteiger partial charge in [-0.05, 0) is 24.3 Å². The third kappa shape index (κ3) is 4.84. The number of aryl methyl sites for hydroxylation is 1. The zero-order valence-corrected chi connectivity index (χ0v) is 19.4. The molecule has 1 N–H and O–H groups in total. The number of rotatable bonds is 7. The van der Waals surface area contributed by atoms with Crippen molar-refractivity contribution in [3.63, 3.8) is 0 Å². The second-order valence-corrected chi connectivity index (χ2v) is 7.74. The Morgan fingerprint density at radius 3 is 2.70 bits per heavy atom. The number of anilines is 1. The molecule has 0 saturated carbocycles. The number of ether oxygens (including phenoxy) is 2. The molecular weight excluding hydrogens is 490 g/mol. The minimum Gasteiger partial charge on any atom is -0.454 e. The zero-order valence-electron chi connectivity index (χ0n) is 19.4. The SMILES string of the molecule is CC(=O)n1cc(Oc2ccc(OC(F)F)c(-c3nn(C)cc3NC(=O)c3cnn4cccnc34)c2)cn1. The van der Waals surface area contributed by atoms with Gasteiger partial charge in [-0.15, -0.1) is 0 Å². The van der Waals surface area contributed by atoms with Crippen LogP contribution in [0.1, 0.15) is 22.1 Å². The van der Waals surface area contributed by atoms with Gasteiger partial charge in [0.25, 0.3) is 5.91 Å². The first-order valence-corrected chi connectivity index (χ1v) is 10.7. The van der Waals surface area contributed by atoms with Gasteiger partial charge >= 0.3 is 6.61 Å². The van der Waals surface area contributed by atoms with E-state index in [0.717, 1.165) is 4.68 Å². The van der Waals surface area contributed by atoms with Crippen LogP contribution in [0.2, 0.25) is 0 Å². The summed E-state index contributed by atoms with van der Waals surface area (Å²) in [6, 6.07) is 5.81. The topological polar surface area (TPSA) is 130 Å². The number of nitrogens with zero attached hydrogens (tertiary/aromatic N) is 7. The maximum absolute atomic E-state index is 13.2. The molecule has 14 heteroatoms. The number of alkyl halides is 2. The summed E-state index contributed by atoms with van der Waals surface area (Å²) in [6.45, 7) is -1.77. The lowest BCUT2D eigenvalue weighted by Crippen LogP contribution is -2.12. The van der Waals surface area contributed by atoms with E-state index < -0.39 is 12.5 Å². The summed E-state index contributed by atoms with van der Waals surface area (Å²) in [4.78, 5) is 28.7. The summed E-state index contributed by atoms with van der Waals surface area (Å²) in [5, 5.41) is 15.1. The Morgan fingerprint density at radius 2 is 1.95 bits per heavy atom. The third-order valence-corrected chi connectivity index (χ3v) is 5.14. The lowest BCUT2D eigenvalue weighted by molar-refractivity contribution is -0.0494. The highest BCUT2D eigenvalue weighted by Crippen LogP contribution is 2.38. The average molecular weight is 508 g/mol. The van der Waals surface area contributed by atoms with E-state index in [4.69, 9.17) is 9.47 Å². The van der Waals surface area contributed by atoms with E-state index >= 15 is 0 Å². The number of nitrogens with one attached hydrogen (secondary N) is 1. The van der Waals surface area contributed by atoms with Gasteiger partial charge in [-0.1, -0.05) is 0 Å². The van der Waals surface area contributed by atoms with E-state index in [0.29, 0.717) is 5.65 Å². The molecule has 0 saturated heterocycles. The molecule has 0 spiro atoms. The fourth-order valence-electron chi connectivity index (χ4n) is 3.58. The first-order valence-electron chi connectivity index (χ1n) is 10.7. The number of hydrogen-bond donors (Lipinski definition) is 1. The third-order valence-electron chi connectivity index (χ3n) is 5.14. The smallest absolute Gasteiger partial charge is 0.387 e. The summed E-state index contributed by atoms with van der Waals surface area (Å²) in [5.74, 6) is -0.545. The van der Waals surface area contributed by atoms with Gasteiger partial charge in [-0.3, -0.25) is 14.3 Å². The molecule has 0 bridgehead atoms. The van der Waals surface area contributed by atoms with Gasteiger partial charge in [0.05, 0.1) is 29.8 Å². The second kappa shape index (κ2) is 9.49. The van der Waals surface area contributed by atoms with Crippen molar-refractivity contribution in [3.8, 4) is 28.5 Å². The number of benzene rings is 1. The lowest BCUT2D eigenvalue weighted by atomic mass is 10.1. The molecule has 4 aromatic heterocycles. The van der Waals surface area contributed by atoms with E-state index in [1.54, 1.807) is 19.3 Å². The summed E-state index contributed by atoms with van der Waals surface area (Å²) in [7, 11) is 1.61. The molecule has 5 rings (SSSR count). The average Bonchev–Trinajstić information content (AvgIpc) is 3.58. The molecule has 37 heavy (non-hydrogen) atoms. The molecule has 12 nitrogen and oxygen atoms in total. The molecule has 4 heterocycles. The number of halogens is 2. The molecule has 1 amide bonds. The van der Waals surface area contributed by atoms with Crippen LogP contribution in [0.25, 0.3) is 16.9 Å². The van der Waals surface area contributed by atoms with E-state index in [9.17, 15) is 18.4 Å². The van der Waals surface area contributed by atoms with E-state index in [2.05, 4.69) is 25.6 Å². The van der Waals surface area contributed by atoms with Crippen LogP contribution in [0.3, 0.4) is 0 Å². The minimum atomic E-state index is -3.11. The second-order valence-electron chi connectivity index (χ2n) is 7.74. The van der Waals surface area contributed by atoms with Crippen LogP contribution in [0.15, 0.2) is 61.4 Å². The van der Waals surface area contributed by atoms with Crippen molar-refractivity contribution in [1.82, 2.24) is 34.2 Å². The van der Waals surface area contributed by atoms with Gasteiger partial charge < -0.3 is 14.8 Å². The summed E-state index contributed by atoms with van der Waals surface area (Å²) in [6.07, 6.45) is 8.78. The maximum atomic E-state index is 13.2. The molecule has 0 aliphatic rings. The van der Waals surface area contributed by atoms with Crippen LogP contribution >= 0.6 is 0 Å². The quantitative estimate of drug-likeness (QED) is 0.353. The largest absolute Gasteiger partial charge is 0.454 e. The van der Waals surface area contributed by atoms with Crippen LogP contribution in [0, 0.1) is 0 Å². The Hall–Kier alpha value is -5.14. The van der Waals surface area contributed by atoms with Crippen molar-refractivity contribution < 1.29 is 27.8 Å². The molecule has 5 aromatic rings. The highest BCUT2D eigenvalue weighted by molar-refractivity contribution is 6.09. The zero-order chi connectivity index (χ0) is 26.1. The van der Waals surface area contributed by atoms with Crippen molar-refractivity contribution >= 4 is 23.1 Å². The number of fused-ring (bicyclic) bond motifs is 1. The van der Waals surface area contributed by atoms with Gasteiger partial charge in [0.1, 0.15) is 22.8 Å². The van der Waals surface area contributed by atoms with Gasteiger partial charge in [0.2, 0.25) is 5.91 Å². The Kier molecular flexibility index (Phi) is 6.05. The summed E-state index contributed by atoms with van der Waals surface area (Å²) < 4.78 is 40.8. The molecule has 0 aliphatic heterocycles. The number of carbonyl (C=O) groups is 2. The standard InChI is InChI=1S/C23H18F2N8O4/c1-13(34)33-11-15(9-27-33)36-14-4-5-19(37-23(24)25)16(8-14)20-18(12-31(2)30-20)29-22(35)17-10-28-32-7-3-6-26-21(17)32/h3-12,23H,1-2H3,(H,29,35). The number of carbonyl (C=O) groups excluding carboxylic acids is 2. The predicted octanol–water partition coefficient (Wildman–Crippen LogP) is 3.63. The number of amides is 1. The highest BCUT2D eigenvalue weighted by Gasteiger charge is 2.22. The monoisotopic (exact) mass is 508 g/mol. The molecule has 0 radical (unpaired) electrons. The summed E-state index contributed by atoms with van der Waals surface area (Å²) >= 11 is 0. The Balaban J connectivity index is 1.51. The molecule has 0 fully saturated rings. The molecule has 0 atom stereocenters. The van der Waals surface area contributed by atoms with Crippen molar-refractivity contribution in [1.29, 1.82) is 0 Å². The molecule has 0 aliphatic carbocycles. The van der Waals surface area contributed by atoms with Crippen molar-refractivity contribution in [2.45, 2.75) is 13.5 Å². The normalized spacial score (nSPS) is 11.2. The van der Waals surface area contributed by atoms with Gasteiger partial charge in [0.15, 0.2) is 11.4 Å². The van der Waals surface area contributed by atoms with E-state index in [1.165, 1.54) is 65.3 Å². The first kappa shape index (κ1) is 23.6. The molecule has 1 aromatic carbocycles. The van der Waals surface area contributed by atoms with Gasteiger partial charge in [0, 0.05) is 32.6 Å². The Bertz CT molecular complexity index is 1620. The van der Waals surface area contributed by atoms with E-state index in [1.807, 2.05) is 0 Å². The van der Waals surface area contributed by atoms with Crippen LogP contribution in [-0.4, -0.2) is 52.6 Å². The Morgan fingerprint density at radius 1 is 1.11 bits per heavy atom. The van der Waals surface area contributed by atoms with Crippen molar-refractivity contribution in [2.24, 2.45) is 7.05 Å². The summed E-state index contributed by atoms with van der Waals surface area (Å²) in [5.41, 5.74) is 1.06. The van der Waals surface area contributed by atoms with Crippen LogP contribution < -0.4 is 14.8 Å². The lowest BCUT2D eigenvalue weighted by Gasteiger charge is -2.13. The fraction of sp³-hybridized carbons (Fsp3) is 0.130.